The van der Waals surface area contributed by atoms with E-state index in [4.69, 9.17) is 9.47 Å². The minimum Gasteiger partial charge on any atom is -0.497 e. The second-order valence-corrected chi connectivity index (χ2v) is 6.73. The summed E-state index contributed by atoms with van der Waals surface area (Å²) in [5.41, 5.74) is 2.22. The van der Waals surface area contributed by atoms with Crippen molar-refractivity contribution in [2.75, 3.05) is 7.11 Å². The summed E-state index contributed by atoms with van der Waals surface area (Å²) in [5.74, 6) is 0.864. The van der Waals surface area contributed by atoms with E-state index in [0.717, 1.165) is 24.2 Å². The summed E-state index contributed by atoms with van der Waals surface area (Å²) in [6.45, 7) is 2.45. The van der Waals surface area contributed by atoms with Gasteiger partial charge in [-0.2, -0.15) is 0 Å². The molecule has 0 heterocycles. The fraction of sp³-hybridized carbons (Fsp3) is 0.381. The molecule has 0 spiro atoms. The maximum absolute atomic E-state index is 11.9. The second-order valence-electron chi connectivity index (χ2n) is 6.73. The number of rotatable bonds is 7. The normalized spacial score (nSPS) is 19.9. The molecule has 1 aliphatic rings. The maximum atomic E-state index is 11.9. The summed E-state index contributed by atoms with van der Waals surface area (Å²) in [7, 11) is 1.67. The van der Waals surface area contributed by atoms with Crippen LogP contribution in [0.15, 0.2) is 54.6 Å². The average molecular weight is 354 g/mol. The van der Waals surface area contributed by atoms with Crippen molar-refractivity contribution in [1.29, 1.82) is 0 Å². The van der Waals surface area contributed by atoms with Crippen LogP contribution in [0.3, 0.4) is 0 Å². The fourth-order valence-electron chi connectivity index (χ4n) is 3.15. The van der Waals surface area contributed by atoms with Crippen LogP contribution in [0, 0.1) is 0 Å². The standard InChI is InChI=1S/C21H26N2O3/c1-15(17-8-10-20(25-2)11-9-17)22-18-12-19(13-18)23-21(24)26-14-16-6-4-3-5-7-16/h3-11,15,18-19,22H,12-14H2,1-2H3,(H,23,24). The smallest absolute Gasteiger partial charge is 0.407 e. The molecule has 0 saturated heterocycles. The highest BCUT2D eigenvalue weighted by Gasteiger charge is 2.31. The number of hydrogen-bond acceptors (Lipinski definition) is 4. The topological polar surface area (TPSA) is 59.6 Å². The number of alkyl carbamates (subject to hydrolysis) is 1. The van der Waals surface area contributed by atoms with E-state index in [-0.39, 0.29) is 18.2 Å². The maximum Gasteiger partial charge on any atom is 0.407 e. The van der Waals surface area contributed by atoms with Crippen LogP contribution in [0.5, 0.6) is 5.75 Å². The molecule has 1 fully saturated rings. The van der Waals surface area contributed by atoms with Gasteiger partial charge in [0, 0.05) is 18.1 Å². The molecule has 2 aromatic rings. The molecule has 1 aliphatic carbocycles. The molecule has 1 saturated carbocycles. The zero-order valence-corrected chi connectivity index (χ0v) is 15.3. The van der Waals surface area contributed by atoms with Gasteiger partial charge in [-0.15, -0.1) is 0 Å². The lowest BCUT2D eigenvalue weighted by molar-refractivity contribution is 0.124. The molecule has 0 bridgehead atoms. The predicted molar refractivity (Wildman–Crippen MR) is 101 cm³/mol. The Morgan fingerprint density at radius 1 is 1.08 bits per heavy atom. The predicted octanol–water partition coefficient (Wildman–Crippen LogP) is 3.80. The van der Waals surface area contributed by atoms with Gasteiger partial charge in [0.25, 0.3) is 0 Å². The van der Waals surface area contributed by atoms with Gasteiger partial charge in [-0.3, -0.25) is 0 Å². The van der Waals surface area contributed by atoms with E-state index in [1.54, 1.807) is 7.11 Å². The Morgan fingerprint density at radius 2 is 1.77 bits per heavy atom. The summed E-state index contributed by atoms with van der Waals surface area (Å²) < 4.78 is 10.4. The van der Waals surface area contributed by atoms with E-state index in [2.05, 4.69) is 29.7 Å². The highest BCUT2D eigenvalue weighted by Crippen LogP contribution is 2.25. The van der Waals surface area contributed by atoms with Crippen molar-refractivity contribution >= 4 is 6.09 Å². The van der Waals surface area contributed by atoms with Gasteiger partial charge in [-0.05, 0) is 43.0 Å². The van der Waals surface area contributed by atoms with Crippen LogP contribution < -0.4 is 15.4 Å². The van der Waals surface area contributed by atoms with Gasteiger partial charge >= 0.3 is 6.09 Å². The summed E-state index contributed by atoms with van der Waals surface area (Å²) in [5, 5.41) is 6.53. The Labute approximate surface area is 154 Å². The molecular weight excluding hydrogens is 328 g/mol. The van der Waals surface area contributed by atoms with E-state index in [0.29, 0.717) is 12.6 Å². The number of benzene rings is 2. The minimum atomic E-state index is -0.347. The molecule has 1 atom stereocenters. The molecule has 1 unspecified atom stereocenters. The quantitative estimate of drug-likeness (QED) is 0.794. The molecule has 5 nitrogen and oxygen atoms in total. The van der Waals surface area contributed by atoms with Gasteiger partial charge in [-0.25, -0.2) is 4.79 Å². The van der Waals surface area contributed by atoms with Crippen molar-refractivity contribution in [3.63, 3.8) is 0 Å². The molecule has 2 N–H and O–H groups in total. The molecule has 0 aromatic heterocycles. The van der Waals surface area contributed by atoms with E-state index in [1.807, 2.05) is 42.5 Å². The zero-order valence-electron chi connectivity index (χ0n) is 15.3. The number of nitrogens with one attached hydrogen (secondary N) is 2. The molecule has 5 heteroatoms. The van der Waals surface area contributed by atoms with Gasteiger partial charge in [0.1, 0.15) is 12.4 Å². The van der Waals surface area contributed by atoms with Crippen LogP contribution in [-0.4, -0.2) is 25.3 Å². The third-order valence-corrected chi connectivity index (χ3v) is 4.77. The largest absolute Gasteiger partial charge is 0.497 e. The molecular formula is C21H26N2O3. The first-order chi connectivity index (χ1) is 12.6. The van der Waals surface area contributed by atoms with Crippen LogP contribution in [0.2, 0.25) is 0 Å². The lowest BCUT2D eigenvalue weighted by Crippen LogP contribution is -2.52. The zero-order chi connectivity index (χ0) is 18.4. The molecule has 3 rings (SSSR count). The van der Waals surface area contributed by atoms with Crippen LogP contribution in [0.4, 0.5) is 4.79 Å². The summed E-state index contributed by atoms with van der Waals surface area (Å²) in [6.07, 6.45) is 1.49. The van der Waals surface area contributed by atoms with Crippen molar-refractivity contribution < 1.29 is 14.3 Å². The Bertz CT molecular complexity index is 697. The molecule has 1 amide bonds. The highest BCUT2D eigenvalue weighted by atomic mass is 16.5. The first kappa shape index (κ1) is 18.3. The van der Waals surface area contributed by atoms with Crippen LogP contribution in [0.25, 0.3) is 0 Å². The molecule has 0 aliphatic heterocycles. The van der Waals surface area contributed by atoms with E-state index < -0.39 is 0 Å². The minimum absolute atomic E-state index is 0.179. The van der Waals surface area contributed by atoms with Gasteiger partial charge in [0.15, 0.2) is 0 Å². The number of ether oxygens (including phenoxy) is 2. The third kappa shape index (κ3) is 4.99. The van der Waals surface area contributed by atoms with E-state index in [1.165, 1.54) is 5.56 Å². The SMILES string of the molecule is COc1ccc(C(C)NC2CC(NC(=O)OCc3ccccc3)C2)cc1. The summed E-state index contributed by atoms with van der Waals surface area (Å²) in [6, 6.07) is 18.6. The number of hydrogen-bond donors (Lipinski definition) is 2. The van der Waals surface area contributed by atoms with Crippen LogP contribution in [-0.2, 0) is 11.3 Å². The number of carbonyl (C=O) groups excluding carboxylic acids is 1. The lowest BCUT2D eigenvalue weighted by Gasteiger charge is -2.38. The number of amides is 1. The van der Waals surface area contributed by atoms with Crippen molar-refractivity contribution in [2.45, 2.75) is 44.5 Å². The lowest BCUT2D eigenvalue weighted by atomic mass is 9.86. The molecule has 138 valence electrons. The average Bonchev–Trinajstić information content (AvgIpc) is 2.65. The van der Waals surface area contributed by atoms with Gasteiger partial charge in [0.2, 0.25) is 0 Å². The van der Waals surface area contributed by atoms with Crippen LogP contribution >= 0.6 is 0 Å². The number of methoxy groups -OCH3 is 1. The molecule has 0 radical (unpaired) electrons. The fourth-order valence-corrected chi connectivity index (χ4v) is 3.15. The third-order valence-electron chi connectivity index (χ3n) is 4.77. The Hall–Kier alpha value is -2.53. The Kier molecular flexibility index (Phi) is 6.12. The monoisotopic (exact) mass is 354 g/mol. The molecule has 2 aromatic carbocycles. The van der Waals surface area contributed by atoms with Gasteiger partial charge in [0.05, 0.1) is 7.11 Å². The molecule has 26 heavy (non-hydrogen) atoms. The Morgan fingerprint density at radius 3 is 2.42 bits per heavy atom. The van der Waals surface area contributed by atoms with E-state index in [9.17, 15) is 4.79 Å². The number of carbonyl (C=O) groups is 1. The van der Waals surface area contributed by atoms with Crippen molar-refractivity contribution in [1.82, 2.24) is 10.6 Å². The summed E-state index contributed by atoms with van der Waals surface area (Å²) >= 11 is 0. The van der Waals surface area contributed by atoms with Gasteiger partial charge < -0.3 is 20.1 Å². The second kappa shape index (κ2) is 8.72. The van der Waals surface area contributed by atoms with Crippen molar-refractivity contribution in [3.8, 4) is 5.75 Å². The van der Waals surface area contributed by atoms with Crippen molar-refractivity contribution in [2.24, 2.45) is 0 Å². The first-order valence-electron chi connectivity index (χ1n) is 9.01. The van der Waals surface area contributed by atoms with Gasteiger partial charge in [-0.1, -0.05) is 42.5 Å². The first-order valence-corrected chi connectivity index (χ1v) is 9.01. The van der Waals surface area contributed by atoms with Crippen LogP contribution in [0.1, 0.15) is 36.9 Å². The summed E-state index contributed by atoms with van der Waals surface area (Å²) in [4.78, 5) is 11.9. The highest BCUT2D eigenvalue weighted by molar-refractivity contribution is 5.67. The van der Waals surface area contributed by atoms with E-state index >= 15 is 0 Å². The Balaban J connectivity index is 1.35. The van der Waals surface area contributed by atoms with Crippen molar-refractivity contribution in [3.05, 3.63) is 65.7 Å².